The maximum Gasteiger partial charge on any atom is 0.116 e. The highest BCUT2D eigenvalue weighted by Crippen LogP contribution is 2.24. The van der Waals surface area contributed by atoms with Crippen LogP contribution in [-0.4, -0.2) is 5.11 Å². The Bertz CT molecular complexity index is 434. The van der Waals surface area contributed by atoms with Crippen LogP contribution in [0.25, 0.3) is 11.1 Å². The van der Waals surface area contributed by atoms with Crippen LogP contribution in [0.2, 0.25) is 0 Å². The molecule has 0 fully saturated rings. The van der Waals surface area contributed by atoms with Gasteiger partial charge < -0.3 is 5.11 Å². The lowest BCUT2D eigenvalue weighted by atomic mass is 10.1. The third kappa shape index (κ3) is 1.96. The van der Waals surface area contributed by atoms with Gasteiger partial charge in [0.15, 0.2) is 0 Å². The van der Waals surface area contributed by atoms with Crippen molar-refractivity contribution in [3.8, 4) is 16.9 Å². The van der Waals surface area contributed by atoms with Gasteiger partial charge in [-0.3, -0.25) is 0 Å². The third-order valence-electron chi connectivity index (χ3n) is 2.02. The molecule has 0 aliphatic rings. The summed E-state index contributed by atoms with van der Waals surface area (Å²) in [5, 5.41) is 9.32. The van der Waals surface area contributed by atoms with Crippen LogP contribution in [0.4, 0.5) is 0 Å². The van der Waals surface area contributed by atoms with E-state index in [1.807, 2.05) is 36.4 Å². The third-order valence-corrected chi connectivity index (χ3v) is 2.55. The molecule has 1 nitrogen and oxygen atoms in total. The van der Waals surface area contributed by atoms with E-state index < -0.39 is 0 Å². The molecule has 14 heavy (non-hydrogen) atoms. The van der Waals surface area contributed by atoms with Crippen LogP contribution < -0.4 is 0 Å². The van der Waals surface area contributed by atoms with Crippen LogP contribution in [0.3, 0.4) is 0 Å². The molecule has 0 saturated carbocycles. The molecule has 0 saturated heterocycles. The lowest BCUT2D eigenvalue weighted by Gasteiger charge is -2.01. The van der Waals surface area contributed by atoms with Crippen molar-refractivity contribution in [3.63, 3.8) is 0 Å². The van der Waals surface area contributed by atoms with E-state index in [0.29, 0.717) is 5.75 Å². The van der Waals surface area contributed by atoms with Crippen LogP contribution in [0.1, 0.15) is 0 Å². The van der Waals surface area contributed by atoms with Crippen LogP contribution in [-0.2, 0) is 0 Å². The molecule has 0 radical (unpaired) electrons. The molecule has 0 aromatic heterocycles. The summed E-state index contributed by atoms with van der Waals surface area (Å²) in [6, 6.07) is 15.2. The van der Waals surface area contributed by atoms with Crippen LogP contribution >= 0.6 is 15.9 Å². The second-order valence-electron chi connectivity index (χ2n) is 3.06. The minimum atomic E-state index is 0.297. The van der Waals surface area contributed by atoms with Crippen molar-refractivity contribution in [3.05, 3.63) is 53.0 Å². The van der Waals surface area contributed by atoms with Gasteiger partial charge in [0.1, 0.15) is 5.75 Å². The molecule has 0 unspecified atom stereocenters. The highest BCUT2D eigenvalue weighted by molar-refractivity contribution is 9.10. The predicted octanol–water partition coefficient (Wildman–Crippen LogP) is 3.82. The molecule has 70 valence electrons. The maximum absolute atomic E-state index is 9.32. The van der Waals surface area contributed by atoms with Crippen LogP contribution in [0.15, 0.2) is 53.0 Å². The number of phenolic OH excluding ortho intramolecular Hbond substituents is 1. The summed E-state index contributed by atoms with van der Waals surface area (Å²) in [7, 11) is 0. The molecule has 0 atom stereocenters. The van der Waals surface area contributed by atoms with Gasteiger partial charge in [0.25, 0.3) is 0 Å². The lowest BCUT2D eigenvalue weighted by molar-refractivity contribution is 0.475. The first-order valence-corrected chi connectivity index (χ1v) is 5.10. The first kappa shape index (κ1) is 9.28. The number of hydrogen-bond donors (Lipinski definition) is 1. The van der Waals surface area contributed by atoms with E-state index in [2.05, 4.69) is 15.9 Å². The summed E-state index contributed by atoms with van der Waals surface area (Å²) in [4.78, 5) is 0. The molecule has 0 spiro atoms. The molecule has 2 rings (SSSR count). The Labute approximate surface area is 91.2 Å². The van der Waals surface area contributed by atoms with Gasteiger partial charge in [-0.1, -0.05) is 40.2 Å². The fourth-order valence-corrected chi connectivity index (χ4v) is 1.59. The summed E-state index contributed by atoms with van der Waals surface area (Å²) in [5.41, 5.74) is 2.13. The number of rotatable bonds is 1. The normalized spacial score (nSPS) is 10.1. The van der Waals surface area contributed by atoms with Gasteiger partial charge >= 0.3 is 0 Å². The van der Waals surface area contributed by atoms with Gasteiger partial charge in [-0.05, 0) is 35.4 Å². The second-order valence-corrected chi connectivity index (χ2v) is 3.97. The molecule has 2 aromatic rings. The van der Waals surface area contributed by atoms with Crippen LogP contribution in [0.5, 0.6) is 5.75 Å². The minimum absolute atomic E-state index is 0.297. The van der Waals surface area contributed by atoms with Crippen molar-refractivity contribution in [1.29, 1.82) is 0 Å². The summed E-state index contributed by atoms with van der Waals surface area (Å²) in [5.74, 6) is 0.297. The van der Waals surface area contributed by atoms with E-state index >= 15 is 0 Å². The quantitative estimate of drug-likeness (QED) is 0.814. The first-order valence-electron chi connectivity index (χ1n) is 4.31. The van der Waals surface area contributed by atoms with Crippen molar-refractivity contribution >= 4 is 15.9 Å². The van der Waals surface area contributed by atoms with Gasteiger partial charge in [0, 0.05) is 4.47 Å². The zero-order valence-electron chi connectivity index (χ0n) is 7.44. The Morgan fingerprint density at radius 2 is 1.57 bits per heavy atom. The van der Waals surface area contributed by atoms with Crippen LogP contribution in [0, 0.1) is 0 Å². The van der Waals surface area contributed by atoms with Gasteiger partial charge in [-0.15, -0.1) is 0 Å². The number of aromatic hydroxyl groups is 1. The lowest BCUT2D eigenvalue weighted by Crippen LogP contribution is -1.76. The van der Waals surface area contributed by atoms with E-state index in [1.165, 1.54) is 0 Å². The minimum Gasteiger partial charge on any atom is -0.508 e. The molecular formula is C12H9BrO. The Morgan fingerprint density at radius 3 is 2.21 bits per heavy atom. The van der Waals surface area contributed by atoms with E-state index in [-0.39, 0.29) is 0 Å². The number of benzene rings is 2. The van der Waals surface area contributed by atoms with Gasteiger partial charge in [-0.2, -0.15) is 0 Å². The molecule has 1 N–H and O–H groups in total. The SMILES string of the molecule is Oc1cccc(-c2ccc(Br)cc2)c1. The monoisotopic (exact) mass is 248 g/mol. The molecule has 0 heterocycles. The molecule has 2 heteroatoms. The molecule has 0 amide bonds. The Balaban J connectivity index is 2.44. The van der Waals surface area contributed by atoms with Gasteiger partial charge in [0.05, 0.1) is 0 Å². The molecule has 0 bridgehead atoms. The average molecular weight is 249 g/mol. The van der Waals surface area contributed by atoms with Crippen molar-refractivity contribution in [1.82, 2.24) is 0 Å². The van der Waals surface area contributed by atoms with Gasteiger partial charge in [0.2, 0.25) is 0 Å². The number of phenols is 1. The topological polar surface area (TPSA) is 20.2 Å². The predicted molar refractivity (Wildman–Crippen MR) is 61.2 cm³/mol. The fraction of sp³-hybridized carbons (Fsp3) is 0. The number of hydrogen-bond acceptors (Lipinski definition) is 1. The zero-order valence-corrected chi connectivity index (χ0v) is 9.03. The average Bonchev–Trinajstić information content (AvgIpc) is 2.19. The van der Waals surface area contributed by atoms with Crippen molar-refractivity contribution in [2.45, 2.75) is 0 Å². The van der Waals surface area contributed by atoms with E-state index in [1.54, 1.807) is 12.1 Å². The maximum atomic E-state index is 9.32. The highest BCUT2D eigenvalue weighted by Gasteiger charge is 1.97. The Kier molecular flexibility index (Phi) is 2.55. The Hall–Kier alpha value is -1.28. The summed E-state index contributed by atoms with van der Waals surface area (Å²) >= 11 is 3.38. The highest BCUT2D eigenvalue weighted by atomic mass is 79.9. The Morgan fingerprint density at radius 1 is 0.857 bits per heavy atom. The fourth-order valence-electron chi connectivity index (χ4n) is 1.33. The summed E-state index contributed by atoms with van der Waals surface area (Å²) in [6.07, 6.45) is 0. The smallest absolute Gasteiger partial charge is 0.116 e. The molecular weight excluding hydrogens is 240 g/mol. The molecule has 0 aliphatic heterocycles. The van der Waals surface area contributed by atoms with Crippen molar-refractivity contribution in [2.75, 3.05) is 0 Å². The summed E-state index contributed by atoms with van der Waals surface area (Å²) in [6.45, 7) is 0. The van der Waals surface area contributed by atoms with Crippen molar-refractivity contribution < 1.29 is 5.11 Å². The summed E-state index contributed by atoms with van der Waals surface area (Å²) < 4.78 is 1.06. The molecule has 2 aromatic carbocycles. The van der Waals surface area contributed by atoms with E-state index in [0.717, 1.165) is 15.6 Å². The number of halogens is 1. The zero-order chi connectivity index (χ0) is 9.97. The first-order chi connectivity index (χ1) is 6.75. The van der Waals surface area contributed by atoms with Gasteiger partial charge in [-0.25, -0.2) is 0 Å². The van der Waals surface area contributed by atoms with E-state index in [9.17, 15) is 5.11 Å². The largest absolute Gasteiger partial charge is 0.508 e. The van der Waals surface area contributed by atoms with Crippen molar-refractivity contribution in [2.24, 2.45) is 0 Å². The molecule has 0 aliphatic carbocycles. The standard InChI is InChI=1S/C12H9BrO/c13-11-6-4-9(5-7-11)10-2-1-3-12(14)8-10/h1-8,14H. The second kappa shape index (κ2) is 3.84. The van der Waals surface area contributed by atoms with E-state index in [4.69, 9.17) is 0 Å².